The Balaban J connectivity index is 2.72. The maximum Gasteiger partial charge on any atom is 0.133 e. The summed E-state index contributed by atoms with van der Waals surface area (Å²) in [6.45, 7) is 7.04. The van der Waals surface area contributed by atoms with Crippen LogP contribution in [0.15, 0.2) is 22.7 Å². The highest BCUT2D eigenvalue weighted by molar-refractivity contribution is 9.10. The average Bonchev–Trinajstić information content (AvgIpc) is 2.36. The van der Waals surface area contributed by atoms with Crippen molar-refractivity contribution in [1.82, 2.24) is 4.90 Å². The molecule has 1 atom stereocenters. The fourth-order valence-corrected chi connectivity index (χ4v) is 2.56. The lowest BCUT2D eigenvalue weighted by atomic mass is 10.2. The zero-order valence-corrected chi connectivity index (χ0v) is 13.2. The third kappa shape index (κ3) is 4.26. The van der Waals surface area contributed by atoms with E-state index in [-0.39, 0.29) is 0 Å². The minimum Gasteiger partial charge on any atom is -0.496 e. The van der Waals surface area contributed by atoms with Gasteiger partial charge in [-0.15, -0.1) is 0 Å². The minimum absolute atomic E-state index is 0.417. The fraction of sp³-hybridized carbons (Fsp3) is 0.571. The van der Waals surface area contributed by atoms with Crippen LogP contribution in [0.4, 0.5) is 0 Å². The third-order valence-corrected chi connectivity index (χ3v) is 3.66. The molecule has 0 radical (unpaired) electrons. The lowest BCUT2D eigenvalue weighted by molar-refractivity contribution is 0.0982. The lowest BCUT2D eigenvalue weighted by Crippen LogP contribution is -2.35. The summed E-state index contributed by atoms with van der Waals surface area (Å²) < 4.78 is 11.4. The molecule has 4 heteroatoms. The van der Waals surface area contributed by atoms with Crippen LogP contribution in [0.25, 0.3) is 0 Å². The Morgan fingerprint density at radius 2 is 2.06 bits per heavy atom. The van der Waals surface area contributed by atoms with Crippen LogP contribution in [0.5, 0.6) is 5.75 Å². The molecular formula is C14H22BrNO2. The molecule has 1 unspecified atom stereocenters. The van der Waals surface area contributed by atoms with Gasteiger partial charge in [-0.3, -0.25) is 4.90 Å². The van der Waals surface area contributed by atoms with Gasteiger partial charge in [0.15, 0.2) is 0 Å². The summed E-state index contributed by atoms with van der Waals surface area (Å²) in [5, 5.41) is 0. The minimum atomic E-state index is 0.417. The molecule has 0 aromatic heterocycles. The van der Waals surface area contributed by atoms with Gasteiger partial charge in [-0.25, -0.2) is 0 Å². The van der Waals surface area contributed by atoms with Crippen LogP contribution in [-0.4, -0.2) is 38.3 Å². The van der Waals surface area contributed by atoms with Crippen molar-refractivity contribution in [3.05, 3.63) is 28.2 Å². The molecule has 18 heavy (non-hydrogen) atoms. The van der Waals surface area contributed by atoms with Gasteiger partial charge >= 0.3 is 0 Å². The predicted molar refractivity (Wildman–Crippen MR) is 78.1 cm³/mol. The van der Waals surface area contributed by atoms with Crippen molar-refractivity contribution >= 4 is 15.9 Å². The first-order valence-electron chi connectivity index (χ1n) is 6.17. The van der Waals surface area contributed by atoms with Gasteiger partial charge in [0.1, 0.15) is 5.75 Å². The second-order valence-electron chi connectivity index (χ2n) is 4.34. The Kier molecular flexibility index (Phi) is 6.68. The van der Waals surface area contributed by atoms with E-state index < -0.39 is 0 Å². The molecule has 0 aliphatic rings. The first-order chi connectivity index (χ1) is 8.62. The topological polar surface area (TPSA) is 21.7 Å². The number of nitrogens with zero attached hydrogens (tertiary/aromatic N) is 1. The van der Waals surface area contributed by atoms with Crippen LogP contribution < -0.4 is 4.74 Å². The molecule has 0 fully saturated rings. The summed E-state index contributed by atoms with van der Waals surface area (Å²) in [7, 11) is 3.42. The van der Waals surface area contributed by atoms with E-state index in [4.69, 9.17) is 9.47 Å². The average molecular weight is 316 g/mol. The third-order valence-electron chi connectivity index (χ3n) is 3.04. The number of hydrogen-bond donors (Lipinski definition) is 0. The highest BCUT2D eigenvalue weighted by Crippen LogP contribution is 2.26. The first-order valence-corrected chi connectivity index (χ1v) is 6.97. The predicted octanol–water partition coefficient (Wildman–Crippen LogP) is 3.31. The smallest absolute Gasteiger partial charge is 0.133 e. The van der Waals surface area contributed by atoms with Gasteiger partial charge in [0, 0.05) is 19.7 Å². The maximum absolute atomic E-state index is 5.24. The Bertz CT molecular complexity index is 371. The number of rotatable bonds is 7. The van der Waals surface area contributed by atoms with E-state index in [0.29, 0.717) is 6.04 Å². The summed E-state index contributed by atoms with van der Waals surface area (Å²) in [5.74, 6) is 0.867. The highest BCUT2D eigenvalue weighted by atomic mass is 79.9. The lowest BCUT2D eigenvalue weighted by Gasteiger charge is -2.27. The quantitative estimate of drug-likeness (QED) is 0.770. The van der Waals surface area contributed by atoms with E-state index in [9.17, 15) is 0 Å². The van der Waals surface area contributed by atoms with Gasteiger partial charge in [0.05, 0.1) is 18.2 Å². The van der Waals surface area contributed by atoms with Crippen molar-refractivity contribution in [1.29, 1.82) is 0 Å². The van der Waals surface area contributed by atoms with Gasteiger partial charge in [0.25, 0.3) is 0 Å². The van der Waals surface area contributed by atoms with E-state index in [2.05, 4.69) is 46.8 Å². The number of hydrogen-bond acceptors (Lipinski definition) is 3. The summed E-state index contributed by atoms with van der Waals surface area (Å²) in [4.78, 5) is 2.39. The Morgan fingerprint density at radius 1 is 1.33 bits per heavy atom. The molecule has 0 saturated heterocycles. The van der Waals surface area contributed by atoms with E-state index in [1.807, 2.05) is 6.07 Å². The standard InChI is InChI=1S/C14H22BrNO2/c1-5-16(11(2)10-17-3)9-12-6-7-14(18-4)13(15)8-12/h6-8,11H,5,9-10H2,1-4H3. The molecular weight excluding hydrogens is 294 g/mol. The van der Waals surface area contributed by atoms with Gasteiger partial charge in [0.2, 0.25) is 0 Å². The second kappa shape index (κ2) is 7.77. The Morgan fingerprint density at radius 3 is 2.56 bits per heavy atom. The molecule has 102 valence electrons. The maximum atomic E-state index is 5.24. The van der Waals surface area contributed by atoms with Crippen molar-refractivity contribution in [2.75, 3.05) is 27.4 Å². The highest BCUT2D eigenvalue weighted by Gasteiger charge is 2.12. The molecule has 1 rings (SSSR count). The van der Waals surface area contributed by atoms with Crippen molar-refractivity contribution < 1.29 is 9.47 Å². The monoisotopic (exact) mass is 315 g/mol. The van der Waals surface area contributed by atoms with Crippen LogP contribution in [0.1, 0.15) is 19.4 Å². The van der Waals surface area contributed by atoms with Gasteiger partial charge in [-0.2, -0.15) is 0 Å². The molecule has 1 aromatic carbocycles. The van der Waals surface area contributed by atoms with Crippen LogP contribution >= 0.6 is 15.9 Å². The molecule has 0 aliphatic heterocycles. The molecule has 0 heterocycles. The number of likely N-dealkylation sites (N-methyl/N-ethyl adjacent to an activating group) is 1. The van der Waals surface area contributed by atoms with Crippen molar-refractivity contribution in [2.24, 2.45) is 0 Å². The van der Waals surface area contributed by atoms with E-state index in [1.54, 1.807) is 14.2 Å². The van der Waals surface area contributed by atoms with Crippen molar-refractivity contribution in [3.63, 3.8) is 0 Å². The van der Waals surface area contributed by atoms with Gasteiger partial charge in [-0.05, 0) is 47.1 Å². The number of methoxy groups -OCH3 is 2. The molecule has 0 saturated carbocycles. The zero-order chi connectivity index (χ0) is 13.5. The number of benzene rings is 1. The zero-order valence-electron chi connectivity index (χ0n) is 11.6. The SMILES string of the molecule is CCN(Cc1ccc(OC)c(Br)c1)C(C)COC. The van der Waals surface area contributed by atoms with E-state index in [0.717, 1.165) is 29.9 Å². The normalized spacial score (nSPS) is 12.8. The Hall–Kier alpha value is -0.580. The molecule has 3 nitrogen and oxygen atoms in total. The van der Waals surface area contributed by atoms with Crippen LogP contribution in [0.3, 0.4) is 0 Å². The molecule has 0 bridgehead atoms. The second-order valence-corrected chi connectivity index (χ2v) is 5.19. The Labute approximate surface area is 118 Å². The largest absolute Gasteiger partial charge is 0.496 e. The molecule has 0 aliphatic carbocycles. The molecule has 0 N–H and O–H groups in total. The van der Waals surface area contributed by atoms with E-state index >= 15 is 0 Å². The van der Waals surface area contributed by atoms with Gasteiger partial charge < -0.3 is 9.47 Å². The van der Waals surface area contributed by atoms with Gasteiger partial charge in [-0.1, -0.05) is 13.0 Å². The number of halogens is 1. The molecule has 0 amide bonds. The van der Waals surface area contributed by atoms with Crippen molar-refractivity contribution in [2.45, 2.75) is 26.4 Å². The van der Waals surface area contributed by atoms with Crippen LogP contribution in [0, 0.1) is 0 Å². The van der Waals surface area contributed by atoms with E-state index in [1.165, 1.54) is 5.56 Å². The number of ether oxygens (including phenoxy) is 2. The first kappa shape index (κ1) is 15.5. The summed E-state index contributed by atoms with van der Waals surface area (Å²) >= 11 is 3.52. The van der Waals surface area contributed by atoms with Crippen molar-refractivity contribution in [3.8, 4) is 5.75 Å². The fourth-order valence-electron chi connectivity index (χ4n) is 1.97. The summed E-state index contributed by atoms with van der Waals surface area (Å²) in [5.41, 5.74) is 1.27. The van der Waals surface area contributed by atoms with Crippen LogP contribution in [0.2, 0.25) is 0 Å². The molecule has 1 aromatic rings. The molecule has 0 spiro atoms. The van der Waals surface area contributed by atoms with Crippen LogP contribution in [-0.2, 0) is 11.3 Å². The summed E-state index contributed by atoms with van der Waals surface area (Å²) in [6, 6.07) is 6.63. The summed E-state index contributed by atoms with van der Waals surface area (Å²) in [6.07, 6.45) is 0.